The summed E-state index contributed by atoms with van der Waals surface area (Å²) in [6, 6.07) is 24.2. The van der Waals surface area contributed by atoms with E-state index in [0.29, 0.717) is 28.8 Å². The maximum Gasteiger partial charge on any atom is 0.243 e. The van der Waals surface area contributed by atoms with E-state index in [4.69, 9.17) is 23.2 Å². The molecule has 0 saturated carbocycles. The van der Waals surface area contributed by atoms with Crippen LogP contribution in [0, 0.1) is 0 Å². The number of thioether (sulfide) groups is 1. The average Bonchev–Trinajstić information content (AvgIpc) is 2.87. The van der Waals surface area contributed by atoms with Gasteiger partial charge in [-0.1, -0.05) is 96.9 Å². The Balaban J connectivity index is 1.85. The Bertz CT molecular complexity index is 1110. The zero-order valence-corrected chi connectivity index (χ0v) is 22.1. The molecule has 0 aromatic heterocycles. The Morgan fingerprint density at radius 1 is 0.886 bits per heavy atom. The minimum Gasteiger partial charge on any atom is -0.354 e. The van der Waals surface area contributed by atoms with Crippen LogP contribution in [0.4, 0.5) is 0 Å². The number of halogens is 2. The smallest absolute Gasteiger partial charge is 0.243 e. The molecule has 184 valence electrons. The maximum atomic E-state index is 13.6. The van der Waals surface area contributed by atoms with Crippen LogP contribution in [0.1, 0.15) is 30.0 Å². The van der Waals surface area contributed by atoms with Crippen molar-refractivity contribution in [3.8, 4) is 0 Å². The van der Waals surface area contributed by atoms with Crippen molar-refractivity contribution in [3.63, 3.8) is 0 Å². The lowest BCUT2D eigenvalue weighted by Crippen LogP contribution is -2.51. The molecule has 0 aliphatic rings. The minimum atomic E-state index is -0.659. The molecule has 0 aliphatic carbocycles. The second-order valence-electron chi connectivity index (χ2n) is 8.19. The summed E-state index contributed by atoms with van der Waals surface area (Å²) in [5.74, 6) is 0.556. The van der Waals surface area contributed by atoms with Crippen LogP contribution in [0.2, 0.25) is 10.0 Å². The first-order chi connectivity index (χ1) is 17.0. The van der Waals surface area contributed by atoms with Crippen LogP contribution < -0.4 is 5.32 Å². The summed E-state index contributed by atoms with van der Waals surface area (Å²) in [6.45, 7) is 2.81. The summed E-state index contributed by atoms with van der Waals surface area (Å²) >= 11 is 14.2. The van der Waals surface area contributed by atoms with E-state index in [9.17, 15) is 9.59 Å². The summed E-state index contributed by atoms with van der Waals surface area (Å²) in [5.41, 5.74) is 2.77. The van der Waals surface area contributed by atoms with Crippen molar-refractivity contribution in [1.29, 1.82) is 0 Å². The molecule has 0 aliphatic heterocycles. The highest BCUT2D eigenvalue weighted by atomic mass is 35.5. The van der Waals surface area contributed by atoms with Crippen molar-refractivity contribution in [2.24, 2.45) is 0 Å². The van der Waals surface area contributed by atoms with Crippen LogP contribution in [0.15, 0.2) is 78.9 Å². The highest BCUT2D eigenvalue weighted by molar-refractivity contribution is 7.99. The summed E-state index contributed by atoms with van der Waals surface area (Å²) in [4.78, 5) is 28.6. The molecule has 3 rings (SSSR count). The van der Waals surface area contributed by atoms with E-state index in [2.05, 4.69) is 5.32 Å². The number of nitrogens with one attached hydrogen (secondary N) is 1. The zero-order chi connectivity index (χ0) is 25.0. The lowest BCUT2D eigenvalue weighted by molar-refractivity contribution is -0.139. The molecule has 0 saturated heterocycles. The fourth-order valence-corrected chi connectivity index (χ4v) is 5.07. The van der Waals surface area contributed by atoms with Crippen molar-refractivity contribution in [1.82, 2.24) is 10.2 Å². The molecule has 2 amide bonds. The Labute approximate surface area is 222 Å². The van der Waals surface area contributed by atoms with Gasteiger partial charge < -0.3 is 10.2 Å². The molecule has 35 heavy (non-hydrogen) atoms. The van der Waals surface area contributed by atoms with Gasteiger partial charge in [-0.25, -0.2) is 0 Å². The largest absolute Gasteiger partial charge is 0.354 e. The highest BCUT2D eigenvalue weighted by Crippen LogP contribution is 2.24. The van der Waals surface area contributed by atoms with E-state index in [1.54, 1.807) is 11.0 Å². The lowest BCUT2D eigenvalue weighted by atomic mass is 10.0. The number of hydrogen-bond acceptors (Lipinski definition) is 3. The second kappa shape index (κ2) is 14.2. The average molecular weight is 530 g/mol. The van der Waals surface area contributed by atoms with Crippen LogP contribution in [0.25, 0.3) is 0 Å². The van der Waals surface area contributed by atoms with Crippen LogP contribution >= 0.6 is 35.0 Å². The number of rotatable bonds is 12. The first-order valence-electron chi connectivity index (χ1n) is 11.6. The molecule has 0 heterocycles. The Hall–Kier alpha value is -2.47. The van der Waals surface area contributed by atoms with Crippen molar-refractivity contribution < 1.29 is 9.59 Å². The Morgan fingerprint density at radius 2 is 1.49 bits per heavy atom. The molecule has 0 unspecified atom stereocenters. The third-order valence-electron chi connectivity index (χ3n) is 5.56. The molecule has 7 heteroatoms. The van der Waals surface area contributed by atoms with Gasteiger partial charge in [0.25, 0.3) is 0 Å². The van der Waals surface area contributed by atoms with Crippen molar-refractivity contribution in [2.45, 2.75) is 38.1 Å². The quantitative estimate of drug-likeness (QED) is 0.296. The molecular weight excluding hydrogens is 499 g/mol. The number of benzene rings is 3. The van der Waals surface area contributed by atoms with Gasteiger partial charge in [0.2, 0.25) is 11.8 Å². The standard InChI is InChI=1S/C28H30Cl2N2O2S/c1-2-16-31-28(34)26(17-21-10-4-3-5-11-21)32(18-22-12-6-8-14-24(22)29)27(33)20-35-19-23-13-7-9-15-25(23)30/h3-15,26H,2,16-20H2,1H3,(H,31,34)/t26-/m1/s1. The van der Waals surface area contributed by atoms with Gasteiger partial charge in [-0.3, -0.25) is 9.59 Å². The van der Waals surface area contributed by atoms with Crippen LogP contribution in [0.3, 0.4) is 0 Å². The number of carbonyl (C=O) groups excluding carboxylic acids is 2. The molecule has 1 atom stereocenters. The number of nitrogens with zero attached hydrogens (tertiary/aromatic N) is 1. The monoisotopic (exact) mass is 528 g/mol. The molecule has 4 nitrogen and oxygen atoms in total. The minimum absolute atomic E-state index is 0.116. The molecule has 3 aromatic carbocycles. The first-order valence-corrected chi connectivity index (χ1v) is 13.6. The molecule has 0 bridgehead atoms. The van der Waals surface area contributed by atoms with E-state index < -0.39 is 6.04 Å². The number of amides is 2. The van der Waals surface area contributed by atoms with Crippen molar-refractivity contribution >= 4 is 46.8 Å². The van der Waals surface area contributed by atoms with Gasteiger partial charge >= 0.3 is 0 Å². The summed E-state index contributed by atoms with van der Waals surface area (Å²) < 4.78 is 0. The highest BCUT2D eigenvalue weighted by Gasteiger charge is 2.30. The predicted molar refractivity (Wildman–Crippen MR) is 147 cm³/mol. The molecule has 0 spiro atoms. The van der Waals surface area contributed by atoms with Gasteiger partial charge in [0.15, 0.2) is 0 Å². The first kappa shape index (κ1) is 27.1. The van der Waals surface area contributed by atoms with Crippen molar-refractivity contribution in [3.05, 3.63) is 106 Å². The molecule has 3 aromatic rings. The third-order valence-corrected chi connectivity index (χ3v) is 7.26. The fraction of sp³-hybridized carbons (Fsp3) is 0.286. The predicted octanol–water partition coefficient (Wildman–Crippen LogP) is 6.39. The van der Waals surface area contributed by atoms with Gasteiger partial charge in [0, 0.05) is 35.3 Å². The number of hydrogen-bond donors (Lipinski definition) is 1. The molecule has 0 fully saturated rings. The van der Waals surface area contributed by atoms with E-state index in [1.807, 2.05) is 79.7 Å². The van der Waals surface area contributed by atoms with E-state index >= 15 is 0 Å². The van der Waals surface area contributed by atoms with Gasteiger partial charge in [-0.05, 0) is 35.2 Å². The lowest BCUT2D eigenvalue weighted by Gasteiger charge is -2.32. The maximum absolute atomic E-state index is 13.6. The summed E-state index contributed by atoms with van der Waals surface area (Å²) in [7, 11) is 0. The fourth-order valence-electron chi connectivity index (χ4n) is 3.68. The van der Waals surface area contributed by atoms with Gasteiger partial charge in [0.05, 0.1) is 5.75 Å². The second-order valence-corrected chi connectivity index (χ2v) is 9.99. The third kappa shape index (κ3) is 8.31. The molecule has 1 N–H and O–H groups in total. The van der Waals surface area contributed by atoms with Crippen LogP contribution in [0.5, 0.6) is 0 Å². The summed E-state index contributed by atoms with van der Waals surface area (Å²) in [5, 5.41) is 4.24. The van der Waals surface area contributed by atoms with Crippen LogP contribution in [-0.2, 0) is 28.3 Å². The zero-order valence-electron chi connectivity index (χ0n) is 19.8. The van der Waals surface area contributed by atoms with E-state index in [1.165, 1.54) is 11.8 Å². The molecular formula is C28H30Cl2N2O2S. The Morgan fingerprint density at radius 3 is 2.11 bits per heavy atom. The number of carbonyl (C=O) groups is 2. The summed E-state index contributed by atoms with van der Waals surface area (Å²) in [6.07, 6.45) is 1.23. The van der Waals surface area contributed by atoms with E-state index in [0.717, 1.165) is 23.1 Å². The van der Waals surface area contributed by atoms with Crippen molar-refractivity contribution in [2.75, 3.05) is 12.3 Å². The SMILES string of the molecule is CCCNC(=O)[C@@H](Cc1ccccc1)N(Cc1ccccc1Cl)C(=O)CSCc1ccccc1Cl. The van der Waals surface area contributed by atoms with Gasteiger partial charge in [0.1, 0.15) is 6.04 Å². The normalized spacial score (nSPS) is 11.6. The van der Waals surface area contributed by atoms with Gasteiger partial charge in [-0.15, -0.1) is 11.8 Å². The van der Waals surface area contributed by atoms with Crippen LogP contribution in [-0.4, -0.2) is 35.1 Å². The Kier molecular flexibility index (Phi) is 11.0. The topological polar surface area (TPSA) is 49.4 Å². The van der Waals surface area contributed by atoms with Gasteiger partial charge in [-0.2, -0.15) is 0 Å². The van der Waals surface area contributed by atoms with E-state index in [-0.39, 0.29) is 24.1 Å². The molecule has 0 radical (unpaired) electrons.